The molecular weight excluding hydrogens is 337 g/mol. The molecule has 0 bridgehead atoms. The number of hydrogen-bond donors (Lipinski definition) is 0. The van der Waals surface area contributed by atoms with Gasteiger partial charge in [0.2, 0.25) is 0 Å². The van der Waals surface area contributed by atoms with Crippen molar-refractivity contribution in [3.8, 4) is 0 Å². The zero-order valence-electron chi connectivity index (χ0n) is 14.0. The van der Waals surface area contributed by atoms with Crippen molar-refractivity contribution < 1.29 is 0 Å². The molecular formula is C19H23ClN3P. The van der Waals surface area contributed by atoms with E-state index < -0.39 is 0 Å². The largest absolute Gasteiger partial charge is 0.339 e. The summed E-state index contributed by atoms with van der Waals surface area (Å²) in [6.07, 6.45) is 0. The highest BCUT2D eigenvalue weighted by atomic mass is 35.5. The number of piperazine rings is 1. The molecule has 1 unspecified atom stereocenters. The van der Waals surface area contributed by atoms with Crippen molar-refractivity contribution in [2.45, 2.75) is 0 Å². The van der Waals surface area contributed by atoms with Crippen molar-refractivity contribution in [2.24, 2.45) is 0 Å². The molecule has 1 atom stereocenters. The van der Waals surface area contributed by atoms with Gasteiger partial charge in [-0.05, 0) is 25.2 Å². The number of rotatable bonds is 3. The Morgan fingerprint density at radius 2 is 1.67 bits per heavy atom. The van der Waals surface area contributed by atoms with Gasteiger partial charge in [0.15, 0.2) is 0 Å². The minimum absolute atomic E-state index is 0.713. The highest BCUT2D eigenvalue weighted by Crippen LogP contribution is 2.36. The SMILES string of the molecule is CN1CCN(CCN2c3ccccc3Pc3ccc(Cl)cc32)CC1. The maximum absolute atomic E-state index is 6.29. The van der Waals surface area contributed by atoms with Crippen molar-refractivity contribution in [2.75, 3.05) is 51.2 Å². The number of para-hydroxylation sites is 1. The molecule has 0 spiro atoms. The molecule has 4 rings (SSSR count). The van der Waals surface area contributed by atoms with E-state index in [1.54, 1.807) is 0 Å². The van der Waals surface area contributed by atoms with Crippen LogP contribution in [0.2, 0.25) is 5.02 Å². The van der Waals surface area contributed by atoms with Crippen molar-refractivity contribution in [1.82, 2.24) is 9.80 Å². The van der Waals surface area contributed by atoms with Crippen molar-refractivity contribution >= 4 is 42.2 Å². The average Bonchev–Trinajstić information content (AvgIpc) is 2.60. The second kappa shape index (κ2) is 7.01. The van der Waals surface area contributed by atoms with E-state index >= 15 is 0 Å². The Kier molecular flexibility index (Phi) is 4.78. The van der Waals surface area contributed by atoms with E-state index in [-0.39, 0.29) is 0 Å². The molecule has 0 aromatic heterocycles. The Morgan fingerprint density at radius 3 is 2.50 bits per heavy atom. The molecule has 2 aromatic rings. The van der Waals surface area contributed by atoms with Crippen LogP contribution in [0.25, 0.3) is 0 Å². The third-order valence-electron chi connectivity index (χ3n) is 4.95. The lowest BCUT2D eigenvalue weighted by Crippen LogP contribution is -2.47. The predicted octanol–water partition coefficient (Wildman–Crippen LogP) is 2.67. The first-order valence-electron chi connectivity index (χ1n) is 8.55. The van der Waals surface area contributed by atoms with Crippen LogP contribution in [0.1, 0.15) is 0 Å². The Balaban J connectivity index is 1.58. The summed E-state index contributed by atoms with van der Waals surface area (Å²) in [7, 11) is 2.92. The molecule has 126 valence electrons. The summed E-state index contributed by atoms with van der Waals surface area (Å²) >= 11 is 6.29. The number of anilines is 2. The molecule has 2 aliphatic heterocycles. The Morgan fingerprint density at radius 1 is 0.917 bits per heavy atom. The van der Waals surface area contributed by atoms with Crippen LogP contribution in [0, 0.1) is 0 Å². The van der Waals surface area contributed by atoms with Crippen molar-refractivity contribution in [1.29, 1.82) is 0 Å². The first kappa shape index (κ1) is 16.4. The first-order valence-corrected chi connectivity index (χ1v) is 9.92. The molecule has 24 heavy (non-hydrogen) atoms. The van der Waals surface area contributed by atoms with Gasteiger partial charge >= 0.3 is 0 Å². The Hall–Kier alpha value is -1.12. The van der Waals surface area contributed by atoms with Gasteiger partial charge in [0, 0.05) is 60.6 Å². The van der Waals surface area contributed by atoms with E-state index in [1.807, 2.05) is 6.07 Å². The molecule has 0 aliphatic carbocycles. The van der Waals surface area contributed by atoms with Gasteiger partial charge in [-0.3, -0.25) is 4.90 Å². The van der Waals surface area contributed by atoms with Gasteiger partial charge in [0.05, 0.1) is 5.69 Å². The van der Waals surface area contributed by atoms with Gasteiger partial charge in [0.1, 0.15) is 0 Å². The molecule has 0 N–H and O–H groups in total. The van der Waals surface area contributed by atoms with Crippen LogP contribution in [0.5, 0.6) is 0 Å². The molecule has 3 nitrogen and oxygen atoms in total. The minimum Gasteiger partial charge on any atom is -0.339 e. The van der Waals surface area contributed by atoms with E-state index in [0.717, 1.165) is 31.2 Å². The average molecular weight is 360 g/mol. The van der Waals surface area contributed by atoms with Crippen LogP contribution < -0.4 is 15.5 Å². The number of fused-ring (bicyclic) bond motifs is 2. The molecule has 5 heteroatoms. The summed E-state index contributed by atoms with van der Waals surface area (Å²) in [6.45, 7) is 6.77. The fourth-order valence-corrected chi connectivity index (χ4v) is 4.96. The van der Waals surface area contributed by atoms with Gasteiger partial charge in [-0.25, -0.2) is 0 Å². The van der Waals surface area contributed by atoms with E-state index in [9.17, 15) is 0 Å². The summed E-state index contributed by atoms with van der Waals surface area (Å²) in [5.74, 6) is 0. The summed E-state index contributed by atoms with van der Waals surface area (Å²) in [4.78, 5) is 7.44. The number of benzene rings is 2. The maximum Gasteiger partial charge on any atom is 0.0505 e. The van der Waals surface area contributed by atoms with Crippen LogP contribution in [-0.2, 0) is 0 Å². The zero-order chi connectivity index (χ0) is 16.5. The summed E-state index contributed by atoms with van der Waals surface area (Å²) < 4.78 is 0. The molecule has 2 heterocycles. The second-order valence-corrected chi connectivity index (χ2v) is 8.36. The molecule has 1 saturated heterocycles. The summed E-state index contributed by atoms with van der Waals surface area (Å²) in [6, 6.07) is 15.1. The van der Waals surface area contributed by atoms with Crippen LogP contribution in [0.3, 0.4) is 0 Å². The number of likely N-dealkylation sites (N-methyl/N-ethyl adjacent to an activating group) is 1. The van der Waals surface area contributed by atoms with Crippen LogP contribution >= 0.6 is 20.2 Å². The molecule has 0 amide bonds. The molecule has 2 aliphatic rings. The van der Waals surface area contributed by atoms with Crippen LogP contribution in [0.15, 0.2) is 42.5 Å². The summed E-state index contributed by atoms with van der Waals surface area (Å²) in [5.41, 5.74) is 2.63. The van der Waals surface area contributed by atoms with Gasteiger partial charge in [-0.15, -0.1) is 0 Å². The van der Waals surface area contributed by atoms with E-state index in [1.165, 1.54) is 35.1 Å². The molecule has 2 aromatic carbocycles. The quantitative estimate of drug-likeness (QED) is 0.780. The van der Waals surface area contributed by atoms with Gasteiger partial charge in [0.25, 0.3) is 0 Å². The molecule has 1 fully saturated rings. The van der Waals surface area contributed by atoms with Gasteiger partial charge in [-0.2, -0.15) is 0 Å². The van der Waals surface area contributed by atoms with E-state index in [2.05, 4.69) is 58.1 Å². The normalized spacial score (nSPS) is 19.3. The lowest BCUT2D eigenvalue weighted by Gasteiger charge is -2.37. The van der Waals surface area contributed by atoms with Crippen molar-refractivity contribution in [3.63, 3.8) is 0 Å². The zero-order valence-corrected chi connectivity index (χ0v) is 15.8. The number of nitrogens with zero attached hydrogens (tertiary/aromatic N) is 3. The lowest BCUT2D eigenvalue weighted by atomic mass is 10.2. The Bertz CT molecular complexity index is 728. The highest BCUT2D eigenvalue weighted by molar-refractivity contribution is 7.56. The summed E-state index contributed by atoms with van der Waals surface area (Å²) in [5, 5.41) is 3.66. The van der Waals surface area contributed by atoms with Gasteiger partial charge < -0.3 is 9.80 Å². The van der Waals surface area contributed by atoms with Crippen LogP contribution in [-0.4, -0.2) is 56.1 Å². The van der Waals surface area contributed by atoms with E-state index in [0.29, 0.717) is 8.58 Å². The molecule has 0 saturated carbocycles. The minimum atomic E-state index is 0.713. The van der Waals surface area contributed by atoms with Crippen LogP contribution in [0.4, 0.5) is 11.4 Å². The second-order valence-electron chi connectivity index (χ2n) is 6.60. The lowest BCUT2D eigenvalue weighted by molar-refractivity contribution is 0.157. The first-order chi connectivity index (χ1) is 11.7. The third kappa shape index (κ3) is 3.32. The fraction of sp³-hybridized carbons (Fsp3) is 0.368. The molecule has 0 radical (unpaired) electrons. The fourth-order valence-electron chi connectivity index (χ4n) is 3.48. The smallest absolute Gasteiger partial charge is 0.0505 e. The van der Waals surface area contributed by atoms with E-state index in [4.69, 9.17) is 11.6 Å². The maximum atomic E-state index is 6.29. The third-order valence-corrected chi connectivity index (χ3v) is 6.57. The Labute approximate surface area is 151 Å². The topological polar surface area (TPSA) is 9.72 Å². The highest BCUT2D eigenvalue weighted by Gasteiger charge is 2.23. The van der Waals surface area contributed by atoms with Crippen molar-refractivity contribution in [3.05, 3.63) is 47.5 Å². The standard InChI is InChI=1S/C19H23ClN3P/c1-21-8-10-22(11-9-21)12-13-23-16-4-2-3-5-18(16)24-19-7-6-15(20)14-17(19)23/h2-7,14,24H,8-13H2,1H3. The predicted molar refractivity (Wildman–Crippen MR) is 106 cm³/mol. The number of hydrogen-bond acceptors (Lipinski definition) is 3. The van der Waals surface area contributed by atoms with Gasteiger partial charge in [-0.1, -0.05) is 44.4 Å². The monoisotopic (exact) mass is 359 g/mol. The number of halogens is 1.